The van der Waals surface area contributed by atoms with Crippen molar-refractivity contribution in [2.45, 2.75) is 89.2 Å². The highest BCUT2D eigenvalue weighted by molar-refractivity contribution is 7.88. The molecule has 5 N–H and O–H groups in total. The molecule has 2 aromatic rings. The van der Waals surface area contributed by atoms with Gasteiger partial charge in [-0.2, -0.15) is 0 Å². The van der Waals surface area contributed by atoms with Crippen LogP contribution < -0.4 is 26.0 Å². The number of fused-ring (bicyclic) bond motifs is 1. The number of carbonyl (C=O) groups excluding carboxylic acids is 3. The van der Waals surface area contributed by atoms with Crippen molar-refractivity contribution in [2.24, 2.45) is 5.92 Å². The maximum atomic E-state index is 13.6. The van der Waals surface area contributed by atoms with E-state index in [0.717, 1.165) is 24.8 Å². The molecule has 0 saturated heterocycles. The van der Waals surface area contributed by atoms with E-state index in [4.69, 9.17) is 0 Å². The molecule has 3 amide bonds. The zero-order valence-electron chi connectivity index (χ0n) is 25.7. The second kappa shape index (κ2) is 16.5. The first-order valence-electron chi connectivity index (χ1n) is 15.2. The average Bonchev–Trinajstić information content (AvgIpc) is 2.98. The van der Waals surface area contributed by atoms with Crippen LogP contribution in [0.5, 0.6) is 0 Å². The molecule has 3 rings (SSSR count). The minimum Gasteiger partial charge on any atom is -0.348 e. The quantitative estimate of drug-likeness (QED) is 0.184. The van der Waals surface area contributed by atoms with Crippen LogP contribution in [0.1, 0.15) is 75.6 Å². The van der Waals surface area contributed by atoms with Gasteiger partial charge in [-0.15, -0.1) is 0 Å². The van der Waals surface area contributed by atoms with E-state index < -0.39 is 34.1 Å². The summed E-state index contributed by atoms with van der Waals surface area (Å²) in [7, 11) is -1.84. The number of carbonyl (C=O) groups is 3. The van der Waals surface area contributed by atoms with Gasteiger partial charge in [0, 0.05) is 6.54 Å². The summed E-state index contributed by atoms with van der Waals surface area (Å²) < 4.78 is 27.6. The van der Waals surface area contributed by atoms with E-state index in [1.165, 1.54) is 5.56 Å². The SMILES string of the molecule is CNC(C)C(=O)NC(C(=O)NC(CCCCNS(=O)(=O)Cc1ccccc1)C(=O)NC1CCCc2ccccc21)C(C)C. The molecule has 0 aromatic heterocycles. The number of amides is 3. The lowest BCUT2D eigenvalue weighted by atomic mass is 9.87. The topological polar surface area (TPSA) is 146 Å². The van der Waals surface area contributed by atoms with Crippen molar-refractivity contribution in [3.8, 4) is 0 Å². The highest BCUT2D eigenvalue weighted by atomic mass is 32.2. The molecular formula is C32H47N5O5S. The van der Waals surface area contributed by atoms with E-state index >= 15 is 0 Å². The molecule has 4 atom stereocenters. The number of rotatable bonds is 16. The molecule has 43 heavy (non-hydrogen) atoms. The van der Waals surface area contributed by atoms with E-state index in [0.29, 0.717) is 24.8 Å². The summed E-state index contributed by atoms with van der Waals surface area (Å²) in [6.45, 7) is 5.60. The van der Waals surface area contributed by atoms with E-state index in [2.05, 4.69) is 32.1 Å². The van der Waals surface area contributed by atoms with Crippen LogP contribution in [0.4, 0.5) is 0 Å². The van der Waals surface area contributed by atoms with Crippen LogP contribution in [0.2, 0.25) is 0 Å². The largest absolute Gasteiger partial charge is 0.348 e. The lowest BCUT2D eigenvalue weighted by Crippen LogP contribution is -2.57. The maximum absolute atomic E-state index is 13.6. The number of unbranched alkanes of at least 4 members (excludes halogenated alkanes) is 1. The Kier molecular flexibility index (Phi) is 13.2. The highest BCUT2D eigenvalue weighted by Gasteiger charge is 2.31. The lowest BCUT2D eigenvalue weighted by Gasteiger charge is -2.30. The fourth-order valence-electron chi connectivity index (χ4n) is 5.20. The summed E-state index contributed by atoms with van der Waals surface area (Å²) in [5.74, 6) is -1.34. The minimum absolute atomic E-state index is 0.105. The Morgan fingerprint density at radius 1 is 0.884 bits per heavy atom. The van der Waals surface area contributed by atoms with Crippen LogP contribution in [0.15, 0.2) is 54.6 Å². The maximum Gasteiger partial charge on any atom is 0.243 e. The van der Waals surface area contributed by atoms with Crippen molar-refractivity contribution in [1.82, 2.24) is 26.0 Å². The van der Waals surface area contributed by atoms with E-state index in [-0.39, 0.29) is 36.1 Å². The Labute approximate surface area is 256 Å². The molecule has 11 heteroatoms. The van der Waals surface area contributed by atoms with Gasteiger partial charge in [0.15, 0.2) is 0 Å². The van der Waals surface area contributed by atoms with Crippen molar-refractivity contribution in [1.29, 1.82) is 0 Å². The predicted molar refractivity (Wildman–Crippen MR) is 168 cm³/mol. The molecule has 0 fully saturated rings. The highest BCUT2D eigenvalue weighted by Crippen LogP contribution is 2.29. The third-order valence-electron chi connectivity index (χ3n) is 7.83. The molecule has 2 aromatic carbocycles. The number of hydrogen-bond donors (Lipinski definition) is 5. The lowest BCUT2D eigenvalue weighted by molar-refractivity contribution is -0.133. The van der Waals surface area contributed by atoms with Gasteiger partial charge in [-0.25, -0.2) is 13.1 Å². The van der Waals surface area contributed by atoms with Gasteiger partial charge < -0.3 is 21.3 Å². The second-order valence-corrected chi connectivity index (χ2v) is 13.4. The Morgan fingerprint density at radius 2 is 1.58 bits per heavy atom. The van der Waals surface area contributed by atoms with Crippen LogP contribution in [0.3, 0.4) is 0 Å². The third kappa shape index (κ3) is 10.7. The van der Waals surface area contributed by atoms with Gasteiger partial charge in [0.1, 0.15) is 12.1 Å². The number of nitrogens with one attached hydrogen (secondary N) is 5. The number of benzene rings is 2. The van der Waals surface area contributed by atoms with Gasteiger partial charge >= 0.3 is 0 Å². The monoisotopic (exact) mass is 613 g/mol. The molecule has 0 radical (unpaired) electrons. The molecule has 10 nitrogen and oxygen atoms in total. The fraction of sp³-hybridized carbons (Fsp3) is 0.531. The van der Waals surface area contributed by atoms with Crippen LogP contribution in [-0.4, -0.2) is 57.9 Å². The average molecular weight is 614 g/mol. The number of hydrogen-bond acceptors (Lipinski definition) is 6. The summed E-state index contributed by atoms with van der Waals surface area (Å²) in [5, 5.41) is 11.7. The predicted octanol–water partition coefficient (Wildman–Crippen LogP) is 2.70. The number of likely N-dealkylation sites (N-methyl/N-ethyl adjacent to an activating group) is 1. The first kappa shape index (κ1) is 34.2. The van der Waals surface area contributed by atoms with Crippen LogP contribution in [0, 0.1) is 5.92 Å². The standard InChI is InChI=1S/C32H47N5O5S/c1-22(2)29(37-30(38)23(3)33-4)32(40)36-28(31(39)35-27-19-12-16-25-15-8-9-17-26(25)27)18-10-11-20-34-43(41,42)21-24-13-6-5-7-14-24/h5-9,13-15,17,22-23,27-29,33-34H,10-12,16,18-21H2,1-4H3,(H,35,39)(H,36,40)(H,37,38). The Balaban J connectivity index is 1.65. The smallest absolute Gasteiger partial charge is 0.243 e. The van der Waals surface area contributed by atoms with Gasteiger partial charge in [-0.1, -0.05) is 68.4 Å². The molecule has 0 heterocycles. The van der Waals surface area contributed by atoms with Gasteiger partial charge in [0.05, 0.1) is 17.8 Å². The van der Waals surface area contributed by atoms with Crippen LogP contribution >= 0.6 is 0 Å². The summed E-state index contributed by atoms with van der Waals surface area (Å²) in [6, 6.07) is 14.7. The number of aryl methyl sites for hydroxylation is 1. The molecule has 236 valence electrons. The normalized spacial score (nSPS) is 16.9. The Hall–Kier alpha value is -3.28. The Bertz CT molecular complexity index is 1320. The van der Waals surface area contributed by atoms with Crippen LogP contribution in [-0.2, 0) is 36.6 Å². The van der Waals surface area contributed by atoms with Crippen molar-refractivity contribution < 1.29 is 22.8 Å². The van der Waals surface area contributed by atoms with Crippen molar-refractivity contribution in [3.05, 3.63) is 71.3 Å². The fourth-order valence-corrected chi connectivity index (χ4v) is 6.39. The van der Waals surface area contributed by atoms with Gasteiger partial charge in [-0.05, 0) is 75.1 Å². The molecule has 0 bridgehead atoms. The van der Waals surface area contributed by atoms with Gasteiger partial charge in [0.2, 0.25) is 27.7 Å². The summed E-state index contributed by atoms with van der Waals surface area (Å²) in [4.78, 5) is 39.6. The van der Waals surface area contributed by atoms with Crippen molar-refractivity contribution >= 4 is 27.7 Å². The van der Waals surface area contributed by atoms with Gasteiger partial charge in [0.25, 0.3) is 0 Å². The molecular weight excluding hydrogens is 566 g/mol. The molecule has 4 unspecified atom stereocenters. The minimum atomic E-state index is -3.50. The number of sulfonamides is 1. The molecule has 1 aliphatic rings. The molecule has 0 saturated carbocycles. The zero-order valence-corrected chi connectivity index (χ0v) is 26.5. The second-order valence-electron chi connectivity index (χ2n) is 11.6. The van der Waals surface area contributed by atoms with E-state index in [9.17, 15) is 22.8 Å². The van der Waals surface area contributed by atoms with E-state index in [1.54, 1.807) is 38.2 Å². The first-order chi connectivity index (χ1) is 20.5. The summed E-state index contributed by atoms with van der Waals surface area (Å²) in [5.41, 5.74) is 3.01. The van der Waals surface area contributed by atoms with Crippen molar-refractivity contribution in [2.75, 3.05) is 13.6 Å². The van der Waals surface area contributed by atoms with Crippen LogP contribution in [0.25, 0.3) is 0 Å². The zero-order chi connectivity index (χ0) is 31.4. The van der Waals surface area contributed by atoms with Gasteiger partial charge in [-0.3, -0.25) is 14.4 Å². The van der Waals surface area contributed by atoms with E-state index in [1.807, 2.05) is 38.1 Å². The first-order valence-corrected chi connectivity index (χ1v) is 16.8. The summed E-state index contributed by atoms with van der Waals surface area (Å²) in [6.07, 6.45) is 4.03. The van der Waals surface area contributed by atoms with Crippen molar-refractivity contribution in [3.63, 3.8) is 0 Å². The molecule has 0 aliphatic heterocycles. The molecule has 1 aliphatic carbocycles. The third-order valence-corrected chi connectivity index (χ3v) is 9.19. The summed E-state index contributed by atoms with van der Waals surface area (Å²) >= 11 is 0. The molecule has 0 spiro atoms. The Morgan fingerprint density at radius 3 is 2.28 bits per heavy atom.